The topological polar surface area (TPSA) is 101 Å². The zero-order valence-electron chi connectivity index (χ0n) is 7.88. The van der Waals surface area contributed by atoms with Gasteiger partial charge in [0, 0.05) is 6.20 Å². The molecule has 0 fully saturated rings. The summed E-state index contributed by atoms with van der Waals surface area (Å²) in [7, 11) is 0. The van der Waals surface area contributed by atoms with Crippen molar-refractivity contribution in [2.45, 2.75) is 13.5 Å². The Balaban J connectivity index is 2.72. The zero-order chi connectivity index (χ0) is 11.0. The average Bonchev–Trinajstić information content (AvgIpc) is 2.61. The summed E-state index contributed by atoms with van der Waals surface area (Å²) in [5.41, 5.74) is 0.497. The second-order valence-corrected chi connectivity index (χ2v) is 2.96. The van der Waals surface area contributed by atoms with Crippen molar-refractivity contribution in [3.8, 4) is 0 Å². The predicted molar refractivity (Wildman–Crippen MR) is 48.4 cm³/mol. The second kappa shape index (κ2) is 3.28. The number of aliphatic hydroxyl groups is 1. The van der Waals surface area contributed by atoms with E-state index in [9.17, 15) is 4.79 Å². The number of hydrogen-bond donors (Lipinski definition) is 2. The van der Waals surface area contributed by atoms with E-state index in [1.54, 1.807) is 6.92 Å². The molecule has 0 bridgehead atoms. The number of hydrogen-bond acceptors (Lipinski definition) is 5. The van der Waals surface area contributed by atoms with Gasteiger partial charge in [0.1, 0.15) is 6.61 Å². The van der Waals surface area contributed by atoms with Gasteiger partial charge in [-0.05, 0) is 6.92 Å². The van der Waals surface area contributed by atoms with Gasteiger partial charge >= 0.3 is 5.97 Å². The molecule has 2 heterocycles. The number of aryl methyl sites for hydroxylation is 1. The summed E-state index contributed by atoms with van der Waals surface area (Å²) in [6.07, 6.45) is 1.23. The second-order valence-electron chi connectivity index (χ2n) is 2.96. The highest BCUT2D eigenvalue weighted by Gasteiger charge is 2.13. The monoisotopic (exact) mass is 208 g/mol. The van der Waals surface area contributed by atoms with E-state index in [-0.39, 0.29) is 23.8 Å². The summed E-state index contributed by atoms with van der Waals surface area (Å²) in [5, 5.41) is 21.6. The van der Waals surface area contributed by atoms with Gasteiger partial charge in [-0.25, -0.2) is 14.3 Å². The highest BCUT2D eigenvalue weighted by molar-refractivity contribution is 5.88. The molecule has 0 radical (unpaired) electrons. The lowest BCUT2D eigenvalue weighted by molar-refractivity contribution is 0.0695. The Kier molecular flexibility index (Phi) is 2.09. The van der Waals surface area contributed by atoms with Crippen LogP contribution in [0.1, 0.15) is 21.9 Å². The third-order valence-corrected chi connectivity index (χ3v) is 2.02. The normalized spacial score (nSPS) is 10.8. The molecule has 0 saturated carbocycles. The third-order valence-electron chi connectivity index (χ3n) is 2.02. The number of nitrogens with zero attached hydrogens (tertiary/aromatic N) is 4. The van der Waals surface area contributed by atoms with Crippen LogP contribution in [0.2, 0.25) is 0 Å². The molecule has 0 aromatic carbocycles. The molecule has 0 aliphatic rings. The molecule has 0 atom stereocenters. The Morgan fingerprint density at radius 3 is 2.93 bits per heavy atom. The summed E-state index contributed by atoms with van der Waals surface area (Å²) in [4.78, 5) is 18.5. The van der Waals surface area contributed by atoms with Crippen LogP contribution in [0.25, 0.3) is 5.78 Å². The Bertz CT molecular complexity index is 534. The van der Waals surface area contributed by atoms with Gasteiger partial charge in [0.05, 0.1) is 11.3 Å². The lowest BCUT2D eigenvalue weighted by Crippen LogP contribution is -2.07. The van der Waals surface area contributed by atoms with E-state index in [2.05, 4.69) is 15.1 Å². The summed E-state index contributed by atoms with van der Waals surface area (Å²) in [6, 6.07) is 0. The Hall–Kier alpha value is -2.02. The maximum absolute atomic E-state index is 10.8. The highest BCUT2D eigenvalue weighted by atomic mass is 16.4. The molecule has 0 saturated heterocycles. The standard InChI is InChI=1S/C8H8N4O3/c1-4-5(7(14)15)2-9-8-10-6(3-13)11-12(4)8/h2,13H,3H2,1H3,(H,14,15). The van der Waals surface area contributed by atoms with Gasteiger partial charge in [0.2, 0.25) is 0 Å². The lowest BCUT2D eigenvalue weighted by Gasteiger charge is -2.00. The minimum Gasteiger partial charge on any atom is -0.478 e. The molecule has 0 aliphatic carbocycles. The summed E-state index contributed by atoms with van der Waals surface area (Å²) in [6.45, 7) is 1.30. The van der Waals surface area contributed by atoms with Crippen molar-refractivity contribution in [3.63, 3.8) is 0 Å². The van der Waals surface area contributed by atoms with Gasteiger partial charge in [-0.3, -0.25) is 0 Å². The maximum Gasteiger partial charge on any atom is 0.339 e. The fourth-order valence-electron chi connectivity index (χ4n) is 1.26. The van der Waals surface area contributed by atoms with Crippen LogP contribution in [-0.2, 0) is 6.61 Å². The largest absolute Gasteiger partial charge is 0.478 e. The molecule has 0 spiro atoms. The molecule has 7 nitrogen and oxygen atoms in total. The number of aliphatic hydroxyl groups excluding tert-OH is 1. The number of fused-ring (bicyclic) bond motifs is 1. The highest BCUT2D eigenvalue weighted by Crippen LogP contribution is 2.08. The minimum absolute atomic E-state index is 0.0666. The molecular weight excluding hydrogens is 200 g/mol. The van der Waals surface area contributed by atoms with E-state index in [0.717, 1.165) is 0 Å². The first-order valence-electron chi connectivity index (χ1n) is 4.19. The number of aromatic nitrogens is 4. The van der Waals surface area contributed by atoms with Crippen LogP contribution in [0.3, 0.4) is 0 Å². The fraction of sp³-hybridized carbons (Fsp3) is 0.250. The van der Waals surface area contributed by atoms with Crippen molar-refractivity contribution < 1.29 is 15.0 Å². The van der Waals surface area contributed by atoms with Crippen LogP contribution in [0, 0.1) is 6.92 Å². The van der Waals surface area contributed by atoms with Gasteiger partial charge in [0.15, 0.2) is 5.82 Å². The van der Waals surface area contributed by atoms with Crippen molar-refractivity contribution >= 4 is 11.7 Å². The van der Waals surface area contributed by atoms with E-state index < -0.39 is 5.97 Å². The van der Waals surface area contributed by atoms with Crippen LogP contribution in [-0.4, -0.2) is 35.8 Å². The molecular formula is C8H8N4O3. The first kappa shape index (κ1) is 9.53. The number of aromatic carboxylic acids is 1. The maximum atomic E-state index is 10.8. The molecule has 2 aromatic rings. The van der Waals surface area contributed by atoms with E-state index in [1.165, 1.54) is 10.7 Å². The van der Waals surface area contributed by atoms with Crippen molar-refractivity contribution in [1.82, 2.24) is 19.6 Å². The van der Waals surface area contributed by atoms with Gasteiger partial charge in [-0.1, -0.05) is 0 Å². The fourth-order valence-corrected chi connectivity index (χ4v) is 1.26. The van der Waals surface area contributed by atoms with Crippen LogP contribution >= 0.6 is 0 Å². The number of carboxylic acid groups (broad SMARTS) is 1. The smallest absolute Gasteiger partial charge is 0.339 e. The van der Waals surface area contributed by atoms with E-state index in [1.807, 2.05) is 0 Å². The first-order valence-corrected chi connectivity index (χ1v) is 4.19. The summed E-state index contributed by atoms with van der Waals surface area (Å²) in [5.74, 6) is -0.572. The van der Waals surface area contributed by atoms with Crippen molar-refractivity contribution in [1.29, 1.82) is 0 Å². The summed E-state index contributed by atoms with van der Waals surface area (Å²) >= 11 is 0. The molecule has 2 N–H and O–H groups in total. The van der Waals surface area contributed by atoms with E-state index in [4.69, 9.17) is 10.2 Å². The number of rotatable bonds is 2. The predicted octanol–water partition coefficient (Wildman–Crippen LogP) is -0.377. The zero-order valence-corrected chi connectivity index (χ0v) is 7.88. The van der Waals surface area contributed by atoms with Gasteiger partial charge in [-0.2, -0.15) is 4.98 Å². The molecule has 7 heteroatoms. The molecule has 15 heavy (non-hydrogen) atoms. The molecule has 78 valence electrons. The van der Waals surface area contributed by atoms with Gasteiger partial charge in [0.25, 0.3) is 5.78 Å². The molecule has 2 rings (SSSR count). The Labute approximate surface area is 84.0 Å². The van der Waals surface area contributed by atoms with Crippen molar-refractivity contribution in [2.24, 2.45) is 0 Å². The lowest BCUT2D eigenvalue weighted by atomic mass is 10.2. The third kappa shape index (κ3) is 1.42. The summed E-state index contributed by atoms with van der Waals surface area (Å²) < 4.78 is 1.30. The Morgan fingerprint density at radius 2 is 2.33 bits per heavy atom. The van der Waals surface area contributed by atoms with Crippen molar-refractivity contribution in [3.05, 3.63) is 23.3 Å². The van der Waals surface area contributed by atoms with Crippen LogP contribution in [0.4, 0.5) is 0 Å². The molecule has 0 aliphatic heterocycles. The van der Waals surface area contributed by atoms with Crippen LogP contribution < -0.4 is 0 Å². The minimum atomic E-state index is -1.07. The molecule has 0 amide bonds. The SMILES string of the molecule is Cc1c(C(=O)O)cnc2nc(CO)nn12. The first-order chi connectivity index (χ1) is 7.13. The Morgan fingerprint density at radius 1 is 1.60 bits per heavy atom. The van der Waals surface area contributed by atoms with Crippen molar-refractivity contribution in [2.75, 3.05) is 0 Å². The van der Waals surface area contributed by atoms with E-state index >= 15 is 0 Å². The van der Waals surface area contributed by atoms with Gasteiger partial charge < -0.3 is 10.2 Å². The van der Waals surface area contributed by atoms with Gasteiger partial charge in [-0.15, -0.1) is 5.10 Å². The van der Waals surface area contributed by atoms with E-state index in [0.29, 0.717) is 5.69 Å². The average molecular weight is 208 g/mol. The molecule has 2 aromatic heterocycles. The molecule has 0 unspecified atom stereocenters. The number of carboxylic acids is 1. The quantitative estimate of drug-likeness (QED) is 0.697. The number of carbonyl (C=O) groups is 1. The van der Waals surface area contributed by atoms with Crippen LogP contribution in [0.15, 0.2) is 6.20 Å². The van der Waals surface area contributed by atoms with Crippen LogP contribution in [0.5, 0.6) is 0 Å².